The van der Waals surface area contributed by atoms with E-state index in [0.717, 1.165) is 12.4 Å². The summed E-state index contributed by atoms with van der Waals surface area (Å²) < 4.78 is 0. The highest BCUT2D eigenvalue weighted by Crippen LogP contribution is 2.22. The first kappa shape index (κ1) is 9.97. The van der Waals surface area contributed by atoms with Gasteiger partial charge in [-0.05, 0) is 38.3 Å². The van der Waals surface area contributed by atoms with Crippen molar-refractivity contribution in [3.63, 3.8) is 0 Å². The smallest absolute Gasteiger partial charge is 0.128 e. The van der Waals surface area contributed by atoms with Crippen LogP contribution in [-0.4, -0.2) is 17.6 Å². The zero-order valence-electron chi connectivity index (χ0n) is 8.98. The SMILES string of the molecule is C[C@H]1CCCCN1c1ccc(C#N)cn1. The van der Waals surface area contributed by atoms with Crippen molar-refractivity contribution in [3.8, 4) is 6.07 Å². The molecule has 3 heteroatoms. The number of hydrogen-bond acceptors (Lipinski definition) is 3. The fraction of sp³-hybridized carbons (Fsp3) is 0.500. The molecule has 1 aliphatic heterocycles. The lowest BCUT2D eigenvalue weighted by molar-refractivity contribution is 0.481. The Morgan fingerprint density at radius 3 is 2.93 bits per heavy atom. The van der Waals surface area contributed by atoms with E-state index in [0.29, 0.717) is 11.6 Å². The molecule has 0 unspecified atom stereocenters. The third-order valence-corrected chi connectivity index (χ3v) is 2.97. The lowest BCUT2D eigenvalue weighted by atomic mass is 10.0. The van der Waals surface area contributed by atoms with E-state index in [1.165, 1.54) is 19.3 Å². The topological polar surface area (TPSA) is 39.9 Å². The monoisotopic (exact) mass is 201 g/mol. The Labute approximate surface area is 90.4 Å². The van der Waals surface area contributed by atoms with Gasteiger partial charge in [0.1, 0.15) is 11.9 Å². The third kappa shape index (κ3) is 2.10. The molecule has 0 N–H and O–H groups in total. The number of piperidine rings is 1. The molecule has 0 radical (unpaired) electrons. The Kier molecular flexibility index (Phi) is 2.86. The Morgan fingerprint density at radius 1 is 1.47 bits per heavy atom. The number of rotatable bonds is 1. The van der Waals surface area contributed by atoms with Crippen molar-refractivity contribution in [2.75, 3.05) is 11.4 Å². The number of nitriles is 1. The standard InChI is InChI=1S/C12H15N3/c1-10-4-2-3-7-15(10)12-6-5-11(8-13)9-14-12/h5-6,9-10H,2-4,7H2,1H3/t10-/m0/s1. The Balaban J connectivity index is 2.18. The predicted octanol–water partition coefficient (Wildman–Crippen LogP) is 2.33. The maximum atomic E-state index is 8.69. The first-order chi connectivity index (χ1) is 7.31. The summed E-state index contributed by atoms with van der Waals surface area (Å²) in [5.74, 6) is 1.00. The van der Waals surface area contributed by atoms with E-state index < -0.39 is 0 Å². The van der Waals surface area contributed by atoms with E-state index in [2.05, 4.69) is 22.9 Å². The average Bonchev–Trinajstić information content (AvgIpc) is 2.30. The van der Waals surface area contributed by atoms with Crippen LogP contribution in [0.25, 0.3) is 0 Å². The third-order valence-electron chi connectivity index (χ3n) is 2.97. The van der Waals surface area contributed by atoms with E-state index in [1.54, 1.807) is 6.20 Å². The molecule has 0 aliphatic carbocycles. The molecular formula is C12H15N3. The highest BCUT2D eigenvalue weighted by atomic mass is 15.2. The summed E-state index contributed by atoms with van der Waals surface area (Å²) in [6, 6.07) is 6.44. The maximum absolute atomic E-state index is 8.69. The summed E-state index contributed by atoms with van der Waals surface area (Å²) in [6.45, 7) is 3.32. The number of nitrogens with zero attached hydrogens (tertiary/aromatic N) is 3. The fourth-order valence-corrected chi connectivity index (χ4v) is 2.06. The molecule has 78 valence electrons. The summed E-state index contributed by atoms with van der Waals surface area (Å²) in [4.78, 5) is 6.65. The molecular weight excluding hydrogens is 186 g/mol. The Bertz CT molecular complexity index is 363. The zero-order valence-corrected chi connectivity index (χ0v) is 8.98. The number of pyridine rings is 1. The molecule has 1 aromatic heterocycles. The molecule has 2 heterocycles. The van der Waals surface area contributed by atoms with Gasteiger partial charge in [0.2, 0.25) is 0 Å². The van der Waals surface area contributed by atoms with Crippen molar-refractivity contribution in [1.82, 2.24) is 4.98 Å². The molecule has 15 heavy (non-hydrogen) atoms. The van der Waals surface area contributed by atoms with Gasteiger partial charge in [-0.25, -0.2) is 4.98 Å². The van der Waals surface area contributed by atoms with Gasteiger partial charge in [-0.2, -0.15) is 5.26 Å². The summed E-state index contributed by atoms with van der Waals surface area (Å²) in [7, 11) is 0. The molecule has 1 fully saturated rings. The molecule has 1 saturated heterocycles. The van der Waals surface area contributed by atoms with Gasteiger partial charge in [-0.15, -0.1) is 0 Å². The van der Waals surface area contributed by atoms with Crippen LogP contribution in [0.4, 0.5) is 5.82 Å². The van der Waals surface area contributed by atoms with E-state index in [4.69, 9.17) is 5.26 Å². The summed E-state index contributed by atoms with van der Waals surface area (Å²) >= 11 is 0. The van der Waals surface area contributed by atoms with E-state index in [-0.39, 0.29) is 0 Å². The van der Waals surface area contributed by atoms with Crippen LogP contribution in [0.1, 0.15) is 31.7 Å². The van der Waals surface area contributed by atoms with E-state index >= 15 is 0 Å². The van der Waals surface area contributed by atoms with Crippen LogP contribution < -0.4 is 4.90 Å². The lowest BCUT2D eigenvalue weighted by Gasteiger charge is -2.34. The minimum Gasteiger partial charge on any atom is -0.354 e. The molecule has 1 aromatic rings. The molecule has 0 aromatic carbocycles. The largest absolute Gasteiger partial charge is 0.354 e. The van der Waals surface area contributed by atoms with Crippen molar-refractivity contribution >= 4 is 5.82 Å². The maximum Gasteiger partial charge on any atom is 0.128 e. The van der Waals surface area contributed by atoms with Crippen molar-refractivity contribution in [1.29, 1.82) is 5.26 Å². The minimum absolute atomic E-state index is 0.569. The fourth-order valence-electron chi connectivity index (χ4n) is 2.06. The summed E-state index contributed by atoms with van der Waals surface area (Å²) in [5.41, 5.74) is 0.628. The van der Waals surface area contributed by atoms with Gasteiger partial charge in [0.05, 0.1) is 5.56 Å². The minimum atomic E-state index is 0.569. The first-order valence-electron chi connectivity index (χ1n) is 5.44. The molecule has 2 rings (SSSR count). The normalized spacial score (nSPS) is 21.1. The molecule has 0 spiro atoms. The Morgan fingerprint density at radius 2 is 2.33 bits per heavy atom. The molecule has 0 bridgehead atoms. The lowest BCUT2D eigenvalue weighted by Crippen LogP contribution is -2.37. The summed E-state index contributed by atoms with van der Waals surface area (Å²) in [6.07, 6.45) is 5.44. The van der Waals surface area contributed by atoms with E-state index in [1.807, 2.05) is 12.1 Å². The van der Waals surface area contributed by atoms with Crippen LogP contribution in [0.3, 0.4) is 0 Å². The number of aromatic nitrogens is 1. The molecule has 1 atom stereocenters. The van der Waals surface area contributed by atoms with Crippen LogP contribution >= 0.6 is 0 Å². The number of anilines is 1. The van der Waals surface area contributed by atoms with Crippen molar-refractivity contribution in [2.24, 2.45) is 0 Å². The average molecular weight is 201 g/mol. The van der Waals surface area contributed by atoms with Crippen LogP contribution in [0.5, 0.6) is 0 Å². The molecule has 0 amide bonds. The van der Waals surface area contributed by atoms with Gasteiger partial charge >= 0.3 is 0 Å². The van der Waals surface area contributed by atoms with Crippen LogP contribution in [0.2, 0.25) is 0 Å². The second-order valence-corrected chi connectivity index (χ2v) is 4.06. The molecule has 0 saturated carbocycles. The van der Waals surface area contributed by atoms with Crippen LogP contribution in [-0.2, 0) is 0 Å². The van der Waals surface area contributed by atoms with Crippen LogP contribution in [0, 0.1) is 11.3 Å². The van der Waals surface area contributed by atoms with Crippen molar-refractivity contribution in [3.05, 3.63) is 23.9 Å². The van der Waals surface area contributed by atoms with Crippen LogP contribution in [0.15, 0.2) is 18.3 Å². The van der Waals surface area contributed by atoms with Gasteiger partial charge in [0.15, 0.2) is 0 Å². The van der Waals surface area contributed by atoms with E-state index in [9.17, 15) is 0 Å². The van der Waals surface area contributed by atoms with Gasteiger partial charge in [-0.3, -0.25) is 0 Å². The van der Waals surface area contributed by atoms with Gasteiger partial charge in [-0.1, -0.05) is 0 Å². The number of hydrogen-bond donors (Lipinski definition) is 0. The van der Waals surface area contributed by atoms with Gasteiger partial charge in [0, 0.05) is 18.8 Å². The molecule has 3 nitrogen and oxygen atoms in total. The van der Waals surface area contributed by atoms with Crippen molar-refractivity contribution in [2.45, 2.75) is 32.2 Å². The quantitative estimate of drug-likeness (QED) is 0.700. The van der Waals surface area contributed by atoms with Gasteiger partial charge < -0.3 is 4.90 Å². The second-order valence-electron chi connectivity index (χ2n) is 4.06. The highest BCUT2D eigenvalue weighted by Gasteiger charge is 2.19. The molecule has 1 aliphatic rings. The van der Waals surface area contributed by atoms with Crippen molar-refractivity contribution < 1.29 is 0 Å². The van der Waals surface area contributed by atoms with Gasteiger partial charge in [0.25, 0.3) is 0 Å². The highest BCUT2D eigenvalue weighted by molar-refractivity contribution is 5.43. The second kappa shape index (κ2) is 4.31. The zero-order chi connectivity index (χ0) is 10.7. The summed E-state index contributed by atoms with van der Waals surface area (Å²) in [5, 5.41) is 8.69. The first-order valence-corrected chi connectivity index (χ1v) is 5.44. The Hall–Kier alpha value is -1.56. The predicted molar refractivity (Wildman–Crippen MR) is 59.6 cm³/mol.